The number of rotatable bonds is 23. The first kappa shape index (κ1) is 64.0. The first-order valence-electron chi connectivity index (χ1n) is 32.1. The minimum absolute atomic E-state index is 0. The van der Waals surface area contributed by atoms with Crippen molar-refractivity contribution in [2.75, 3.05) is 19.8 Å². The zero-order valence-electron chi connectivity index (χ0n) is 51.0. The monoisotopic (exact) mass is 1080 g/mol. The van der Waals surface area contributed by atoms with Crippen LogP contribution in [0, 0.1) is 92.7 Å². The molecule has 8 saturated carbocycles. The summed E-state index contributed by atoms with van der Waals surface area (Å²) in [6, 6.07) is 0. The number of carbonyl (C=O) groups excluding carboxylic acids is 2. The van der Waals surface area contributed by atoms with Crippen LogP contribution >= 0.6 is 0 Å². The van der Waals surface area contributed by atoms with Crippen molar-refractivity contribution in [2.24, 2.45) is 92.7 Å². The standard InChI is InChI=1S/C34H57O5.C32H52O4.Li.H2O.2H2/c1-7-37-31(36)19-24(35)15-18-38-25-13-17-33(6)29-14-16-32(5)27(23(4)10-8-9-22(2)3)11-12-28(32)26(29)20-30-34(33,21-25)39-30;1-21(2)7-6-8-22(3)26-9-10-27-25-19-29-32(36-29)20-24(35-18-14-23(34)13-17-33)11-16-31(32,5)28(25)12-15-30(26,27)4;;;;/h22-30H,7-21H2,1-6H3;21-29H,6-16,18-20H2,1-5H3;;1H2;2*1H/q-1;-2;+1;;;/p-1/t23-,24?,25+,26+,27-,28+,29+,30?,32-,33-,34?;22-,23?,24+,25+,26-,27+,28+,29?,30-,31-,32?;;;;/m11..../s1/i;;;;2*1+1. The molecule has 0 amide bonds. The first-order chi connectivity index (χ1) is 35.7. The summed E-state index contributed by atoms with van der Waals surface area (Å²) >= 11 is 0. The maximum Gasteiger partial charge on any atom is 1.00 e. The van der Waals surface area contributed by atoms with E-state index in [1.165, 1.54) is 116 Å². The van der Waals surface area contributed by atoms with E-state index in [-0.39, 0.29) is 74.3 Å². The van der Waals surface area contributed by atoms with Crippen molar-refractivity contribution in [1.29, 1.82) is 0 Å². The molecule has 2 saturated heterocycles. The number of hydrogen-bond donors (Lipinski definition) is 0. The van der Waals surface area contributed by atoms with E-state index in [0.29, 0.717) is 55.7 Å². The van der Waals surface area contributed by atoms with E-state index in [4.69, 9.17) is 23.7 Å². The Morgan fingerprint density at radius 1 is 0.610 bits per heavy atom. The molecular formula is C66H114LiO10-3. The van der Waals surface area contributed by atoms with Gasteiger partial charge in [-0.25, -0.2) is 0 Å². The molecule has 1 N–H and O–H groups in total. The van der Waals surface area contributed by atoms with Crippen molar-refractivity contribution in [3.63, 3.8) is 0 Å². The summed E-state index contributed by atoms with van der Waals surface area (Å²) in [6.45, 7) is 28.0. The Hall–Kier alpha value is -0.543. The number of carbonyl (C=O) groups is 1. The maximum absolute atomic E-state index is 12.2. The largest absolute Gasteiger partial charge is 1.00 e. The summed E-state index contributed by atoms with van der Waals surface area (Å²) in [5, 5.41) is 24.0. The molecule has 2 spiro atoms. The molecule has 10 aliphatic rings. The van der Waals surface area contributed by atoms with Crippen LogP contribution in [-0.4, -0.2) is 85.4 Å². The van der Waals surface area contributed by atoms with E-state index in [1.54, 1.807) is 13.2 Å². The second kappa shape index (κ2) is 25.8. The van der Waals surface area contributed by atoms with E-state index in [0.717, 1.165) is 96.7 Å². The summed E-state index contributed by atoms with van der Waals surface area (Å²) in [4.78, 5) is 22.1. The predicted octanol–water partition coefficient (Wildman–Crippen LogP) is 10.3. The summed E-state index contributed by atoms with van der Waals surface area (Å²) in [7, 11) is 0. The summed E-state index contributed by atoms with van der Waals surface area (Å²) in [5.74, 6) is 9.74. The summed E-state index contributed by atoms with van der Waals surface area (Å²) < 4.78 is 30.8. The third-order valence-corrected chi connectivity index (χ3v) is 25.1. The summed E-state index contributed by atoms with van der Waals surface area (Å²) in [6.07, 6.45) is 30.5. The van der Waals surface area contributed by atoms with Crippen LogP contribution in [0.4, 0.5) is 0 Å². The van der Waals surface area contributed by atoms with Crippen LogP contribution in [-0.2, 0) is 33.3 Å². The van der Waals surface area contributed by atoms with Gasteiger partial charge in [0.15, 0.2) is 0 Å². The van der Waals surface area contributed by atoms with Crippen molar-refractivity contribution >= 4 is 12.3 Å². The fourth-order valence-corrected chi connectivity index (χ4v) is 21.0. The van der Waals surface area contributed by atoms with Gasteiger partial charge in [0, 0.05) is 46.2 Å². The van der Waals surface area contributed by atoms with Crippen LogP contribution in [0.5, 0.6) is 0 Å². The summed E-state index contributed by atoms with van der Waals surface area (Å²) in [5.41, 5.74) is 1.58. The molecule has 2 aliphatic heterocycles. The van der Waals surface area contributed by atoms with E-state index in [1.807, 2.05) is 0 Å². The molecule has 0 radical (unpaired) electrons. The molecule has 10 fully saturated rings. The maximum atomic E-state index is 12.2. The normalized spacial score (nSPS) is 44.2. The SMILES string of the molecule is CC(C)CCC[C@@H](C)[C@H]1CC[C@H]2[C@@H]3CC4OC45C[C@@H](OCCC([O-])C[C-]=O)CC[C@]5(C)[C@H]3CC[C@]12C.CCOC(=O)CC([O-])CCO[C@H]1CC[C@]2(C)[C@H]3CC[C@]4(C)[C@@H]([C@H](C)CCCC(C)C)CC[C@H]4[C@@H]3CC3OC32C1.[2HH].[2HH].[Li+].[OH-]. The van der Waals surface area contributed by atoms with Crippen molar-refractivity contribution < 1.29 is 70.7 Å². The Morgan fingerprint density at radius 2 is 1.05 bits per heavy atom. The molecular weight excluding hydrogens is 960 g/mol. The minimum atomic E-state index is -0.943. The molecule has 22 atom stereocenters. The second-order valence-electron chi connectivity index (χ2n) is 29.8. The molecule has 442 valence electrons. The molecule has 11 heteroatoms. The zero-order valence-corrected chi connectivity index (χ0v) is 51.0. The third-order valence-electron chi connectivity index (χ3n) is 25.1. The topological polar surface area (TPSA) is 163 Å². The van der Waals surface area contributed by atoms with Gasteiger partial charge < -0.3 is 44.2 Å². The van der Waals surface area contributed by atoms with Crippen molar-refractivity contribution in [3.05, 3.63) is 0 Å². The van der Waals surface area contributed by atoms with Crippen molar-refractivity contribution in [3.8, 4) is 0 Å². The van der Waals surface area contributed by atoms with Gasteiger partial charge in [0.1, 0.15) is 11.2 Å². The van der Waals surface area contributed by atoms with Crippen molar-refractivity contribution in [2.45, 2.75) is 291 Å². The van der Waals surface area contributed by atoms with Gasteiger partial charge in [-0.05, 0) is 192 Å². The fourth-order valence-electron chi connectivity index (χ4n) is 21.0. The number of epoxide rings is 2. The van der Waals surface area contributed by atoms with Gasteiger partial charge in [-0.1, -0.05) is 108 Å². The molecule has 0 aromatic heterocycles. The van der Waals surface area contributed by atoms with E-state index >= 15 is 0 Å². The Kier molecular flexibility index (Phi) is 21.4. The van der Waals surface area contributed by atoms with Crippen LogP contribution < -0.4 is 29.1 Å². The van der Waals surface area contributed by atoms with E-state index in [9.17, 15) is 19.8 Å². The minimum Gasteiger partial charge on any atom is -0.870 e. The molecule has 0 bridgehead atoms. The Morgan fingerprint density at radius 3 is 1.47 bits per heavy atom. The smallest absolute Gasteiger partial charge is 0.870 e. The van der Waals surface area contributed by atoms with E-state index < -0.39 is 18.2 Å². The van der Waals surface area contributed by atoms with Gasteiger partial charge >= 0.3 is 24.8 Å². The molecule has 0 aromatic rings. The van der Waals surface area contributed by atoms with Crippen molar-refractivity contribution in [1.82, 2.24) is 0 Å². The van der Waals surface area contributed by atoms with Gasteiger partial charge in [0.05, 0.1) is 31.0 Å². The van der Waals surface area contributed by atoms with Crippen LogP contribution in [0.2, 0.25) is 0 Å². The van der Waals surface area contributed by atoms with Crippen LogP contribution in [0.15, 0.2) is 0 Å². The Bertz CT molecular complexity index is 1930. The van der Waals surface area contributed by atoms with Crippen LogP contribution in [0.3, 0.4) is 0 Å². The van der Waals surface area contributed by atoms with Gasteiger partial charge in [-0.2, -0.15) is 6.42 Å². The van der Waals surface area contributed by atoms with Gasteiger partial charge in [-0.15, -0.1) is 12.2 Å². The molecule has 8 aliphatic carbocycles. The van der Waals surface area contributed by atoms with E-state index in [2.05, 4.69) is 69.2 Å². The molecule has 2 heterocycles. The molecule has 0 aromatic carbocycles. The van der Waals surface area contributed by atoms with Gasteiger partial charge in [0.25, 0.3) is 0 Å². The fraction of sp³-hybridized carbons (Fsp3) is 0.970. The second-order valence-corrected chi connectivity index (χ2v) is 29.8. The Labute approximate surface area is 484 Å². The average Bonchev–Trinajstić information content (AvgIpc) is 3.08. The van der Waals surface area contributed by atoms with Crippen LogP contribution in [0.1, 0.15) is 246 Å². The third kappa shape index (κ3) is 12.4. The molecule has 10 nitrogen and oxygen atoms in total. The van der Waals surface area contributed by atoms with Gasteiger partial charge in [0.2, 0.25) is 0 Å². The number of esters is 1. The molecule has 10 rings (SSSR count). The average molecular weight is 1080 g/mol. The van der Waals surface area contributed by atoms with Gasteiger partial charge in [-0.3, -0.25) is 11.1 Å². The predicted molar refractivity (Wildman–Crippen MR) is 299 cm³/mol. The number of fused-ring (bicyclic) bond motifs is 8. The number of ether oxygens (including phenoxy) is 5. The molecule has 6 unspecified atom stereocenters. The van der Waals surface area contributed by atoms with Crippen LogP contribution in [0.25, 0.3) is 0 Å². The Balaban J connectivity index is 0.000000277. The quantitative estimate of drug-likeness (QED) is 0.0417. The zero-order chi connectivity index (χ0) is 53.7. The molecule has 77 heavy (non-hydrogen) atoms. The first-order valence-corrected chi connectivity index (χ1v) is 32.1. The number of hydrogen-bond acceptors (Lipinski definition) is 10.